The van der Waals surface area contributed by atoms with Crippen LogP contribution in [-0.4, -0.2) is 17.8 Å². The van der Waals surface area contributed by atoms with Crippen molar-refractivity contribution in [2.45, 2.75) is 0 Å². The number of anilines is 1. The molecule has 1 aromatic rings. The molecule has 1 rings (SSSR count). The lowest BCUT2D eigenvalue weighted by molar-refractivity contribution is 0.0945. The molecule has 0 atom stereocenters. The van der Waals surface area contributed by atoms with Crippen LogP contribution in [0.15, 0.2) is 0 Å². The number of carbonyl (C=O) groups is 1. The quantitative estimate of drug-likeness (QED) is 0.388. The second-order valence-corrected chi connectivity index (χ2v) is 3.78. The Labute approximate surface area is 102 Å². The third-order valence-corrected chi connectivity index (χ3v) is 2.30. The molecule has 3 nitrogen and oxygen atoms in total. The van der Waals surface area contributed by atoms with E-state index in [0.29, 0.717) is 5.33 Å². The predicted molar refractivity (Wildman–Crippen MR) is 56.8 cm³/mol. The smallest absolute Gasteiger partial charge is 0.257 e. The summed E-state index contributed by atoms with van der Waals surface area (Å²) in [4.78, 5) is 11.3. The van der Waals surface area contributed by atoms with E-state index in [0.717, 1.165) is 0 Å². The number of amides is 1. The van der Waals surface area contributed by atoms with Crippen molar-refractivity contribution in [2.75, 3.05) is 17.6 Å². The minimum atomic E-state index is -1.81. The number of carbonyl (C=O) groups excluding carboxylic acids is 1. The molecule has 0 aliphatic carbocycles. The molecule has 0 bridgehead atoms. The van der Waals surface area contributed by atoms with Crippen molar-refractivity contribution in [3.63, 3.8) is 0 Å². The maximum Gasteiger partial charge on any atom is 0.257 e. The fourth-order valence-corrected chi connectivity index (χ4v) is 1.30. The van der Waals surface area contributed by atoms with E-state index in [4.69, 9.17) is 5.73 Å². The molecule has 17 heavy (non-hydrogen) atoms. The van der Waals surface area contributed by atoms with Crippen LogP contribution >= 0.6 is 15.9 Å². The molecule has 0 aromatic heterocycles. The Morgan fingerprint density at radius 2 is 1.59 bits per heavy atom. The van der Waals surface area contributed by atoms with Gasteiger partial charge in [0.2, 0.25) is 0 Å². The zero-order valence-electron chi connectivity index (χ0n) is 8.29. The highest BCUT2D eigenvalue weighted by molar-refractivity contribution is 9.09. The zero-order chi connectivity index (χ0) is 13.2. The lowest BCUT2D eigenvalue weighted by Crippen LogP contribution is -2.28. The van der Waals surface area contributed by atoms with Crippen LogP contribution < -0.4 is 11.1 Å². The number of hydrogen-bond acceptors (Lipinski definition) is 2. The molecule has 0 unspecified atom stereocenters. The molecule has 1 aromatic carbocycles. The number of nitrogens with one attached hydrogen (secondary N) is 1. The molecule has 0 spiro atoms. The second-order valence-electron chi connectivity index (χ2n) is 2.99. The summed E-state index contributed by atoms with van der Waals surface area (Å²) < 4.78 is 52.5. The Bertz CT molecular complexity index is 438. The molecule has 3 N–H and O–H groups in total. The molecule has 1 amide bonds. The standard InChI is InChI=1S/C9H7BrF4N2O/c10-1-2-16-9(17)3-4(11)6(13)8(15)7(14)5(3)12/h1-2,15H2,(H,16,17). The molecule has 0 fully saturated rings. The van der Waals surface area contributed by atoms with Crippen LogP contribution in [0.5, 0.6) is 0 Å². The molecule has 0 saturated heterocycles. The first kappa shape index (κ1) is 13.8. The van der Waals surface area contributed by atoms with Crippen molar-refractivity contribution in [2.24, 2.45) is 0 Å². The van der Waals surface area contributed by atoms with Crippen molar-refractivity contribution in [3.05, 3.63) is 28.8 Å². The second kappa shape index (κ2) is 5.35. The summed E-state index contributed by atoms with van der Waals surface area (Å²) in [6.07, 6.45) is 0. The largest absolute Gasteiger partial charge is 0.394 e. The Balaban J connectivity index is 3.29. The van der Waals surface area contributed by atoms with Gasteiger partial charge in [-0.15, -0.1) is 0 Å². The van der Waals surface area contributed by atoms with Gasteiger partial charge in [0.1, 0.15) is 11.3 Å². The van der Waals surface area contributed by atoms with E-state index >= 15 is 0 Å². The minimum Gasteiger partial charge on any atom is -0.394 e. The van der Waals surface area contributed by atoms with Gasteiger partial charge in [-0.2, -0.15) is 0 Å². The lowest BCUT2D eigenvalue weighted by Gasteiger charge is -2.09. The van der Waals surface area contributed by atoms with E-state index in [-0.39, 0.29) is 6.54 Å². The van der Waals surface area contributed by atoms with E-state index in [9.17, 15) is 22.4 Å². The third kappa shape index (κ3) is 2.51. The van der Waals surface area contributed by atoms with Crippen LogP contribution in [0.3, 0.4) is 0 Å². The van der Waals surface area contributed by atoms with Gasteiger partial charge in [0.15, 0.2) is 23.3 Å². The van der Waals surface area contributed by atoms with E-state index in [1.807, 2.05) is 0 Å². The van der Waals surface area contributed by atoms with Gasteiger partial charge in [0.05, 0.1) is 0 Å². The van der Waals surface area contributed by atoms with E-state index in [2.05, 4.69) is 21.2 Å². The number of hydrogen-bond donors (Lipinski definition) is 2. The van der Waals surface area contributed by atoms with E-state index in [1.165, 1.54) is 0 Å². The topological polar surface area (TPSA) is 55.1 Å². The zero-order valence-corrected chi connectivity index (χ0v) is 9.88. The Hall–Kier alpha value is -1.31. The number of alkyl halides is 1. The highest BCUT2D eigenvalue weighted by atomic mass is 79.9. The molecule has 0 aliphatic rings. The number of benzene rings is 1. The van der Waals surface area contributed by atoms with Crippen LogP contribution in [0, 0.1) is 23.3 Å². The molecule has 0 heterocycles. The van der Waals surface area contributed by atoms with Crippen LogP contribution in [0.25, 0.3) is 0 Å². The molecule has 0 radical (unpaired) electrons. The van der Waals surface area contributed by atoms with Crippen LogP contribution in [0.1, 0.15) is 10.4 Å². The van der Waals surface area contributed by atoms with Crippen molar-refractivity contribution in [1.82, 2.24) is 5.32 Å². The Kier molecular flexibility index (Phi) is 4.33. The maximum atomic E-state index is 13.2. The Morgan fingerprint density at radius 1 is 1.12 bits per heavy atom. The van der Waals surface area contributed by atoms with Gasteiger partial charge in [-0.05, 0) is 0 Å². The van der Waals surface area contributed by atoms with Gasteiger partial charge in [-0.1, -0.05) is 15.9 Å². The van der Waals surface area contributed by atoms with Crippen molar-refractivity contribution >= 4 is 27.5 Å². The third-order valence-electron chi connectivity index (χ3n) is 1.90. The number of halogens is 5. The monoisotopic (exact) mass is 314 g/mol. The highest BCUT2D eigenvalue weighted by Gasteiger charge is 2.27. The van der Waals surface area contributed by atoms with Crippen LogP contribution in [-0.2, 0) is 0 Å². The van der Waals surface area contributed by atoms with Gasteiger partial charge >= 0.3 is 0 Å². The lowest BCUT2D eigenvalue weighted by atomic mass is 10.1. The normalized spacial score (nSPS) is 10.4. The number of nitrogen functional groups attached to an aromatic ring is 1. The molecular weight excluding hydrogens is 308 g/mol. The first-order chi connectivity index (χ1) is 7.91. The van der Waals surface area contributed by atoms with Crippen molar-refractivity contribution < 1.29 is 22.4 Å². The predicted octanol–water partition coefficient (Wildman–Crippen LogP) is 1.95. The van der Waals surface area contributed by atoms with Crippen LogP contribution in [0.2, 0.25) is 0 Å². The molecule has 0 saturated carbocycles. The summed E-state index contributed by atoms with van der Waals surface area (Å²) in [5.74, 6) is -8.44. The SMILES string of the molecule is Nc1c(F)c(F)c(C(=O)NCCBr)c(F)c1F. The average Bonchev–Trinajstić information content (AvgIpc) is 2.31. The first-order valence-corrected chi connectivity index (χ1v) is 5.49. The maximum absolute atomic E-state index is 13.2. The van der Waals surface area contributed by atoms with Gasteiger partial charge in [0.25, 0.3) is 5.91 Å². The summed E-state index contributed by atoms with van der Waals surface area (Å²) in [7, 11) is 0. The van der Waals surface area contributed by atoms with E-state index < -0.39 is 40.4 Å². The van der Waals surface area contributed by atoms with Gasteiger partial charge in [-0.25, -0.2) is 17.6 Å². The Morgan fingerprint density at radius 3 is 2.00 bits per heavy atom. The average molecular weight is 315 g/mol. The van der Waals surface area contributed by atoms with Crippen molar-refractivity contribution in [3.8, 4) is 0 Å². The van der Waals surface area contributed by atoms with Gasteiger partial charge in [0, 0.05) is 11.9 Å². The van der Waals surface area contributed by atoms with Crippen LogP contribution in [0.4, 0.5) is 23.2 Å². The molecule has 8 heteroatoms. The fraction of sp³-hybridized carbons (Fsp3) is 0.222. The summed E-state index contributed by atoms with van der Waals surface area (Å²) in [6, 6.07) is 0. The summed E-state index contributed by atoms with van der Waals surface area (Å²) >= 11 is 2.96. The fourth-order valence-electron chi connectivity index (χ4n) is 1.10. The molecule has 0 aliphatic heterocycles. The summed E-state index contributed by atoms with van der Waals surface area (Å²) in [5.41, 5.74) is 2.17. The number of rotatable bonds is 3. The highest BCUT2D eigenvalue weighted by Crippen LogP contribution is 2.25. The van der Waals surface area contributed by atoms with E-state index in [1.54, 1.807) is 0 Å². The van der Waals surface area contributed by atoms with Crippen molar-refractivity contribution in [1.29, 1.82) is 0 Å². The van der Waals surface area contributed by atoms with Gasteiger partial charge in [-0.3, -0.25) is 4.79 Å². The minimum absolute atomic E-state index is 0.0470. The molecule has 94 valence electrons. The molecular formula is C9H7BrF4N2O. The van der Waals surface area contributed by atoms with Gasteiger partial charge < -0.3 is 11.1 Å². The summed E-state index contributed by atoms with van der Waals surface area (Å²) in [5, 5.41) is 2.39. The number of nitrogens with two attached hydrogens (primary N) is 1. The summed E-state index contributed by atoms with van der Waals surface area (Å²) in [6.45, 7) is 0.0470. The first-order valence-electron chi connectivity index (χ1n) is 4.37.